The normalized spacial score (nSPS) is 13.3. The van der Waals surface area contributed by atoms with Crippen molar-refractivity contribution in [1.82, 2.24) is 14.3 Å². The number of nitrogens with zero attached hydrogens (tertiary/aromatic N) is 4. The van der Waals surface area contributed by atoms with E-state index in [1.54, 1.807) is 22.9 Å². The average Bonchev–Trinajstić information content (AvgIpc) is 3.37. The second-order valence-electron chi connectivity index (χ2n) is 7.90. The first kappa shape index (κ1) is 21.1. The van der Waals surface area contributed by atoms with Crippen LogP contribution in [0.3, 0.4) is 0 Å². The van der Waals surface area contributed by atoms with Crippen molar-refractivity contribution in [3.05, 3.63) is 59.8 Å². The van der Waals surface area contributed by atoms with Crippen molar-refractivity contribution in [3.63, 3.8) is 0 Å². The lowest BCUT2D eigenvalue weighted by Gasteiger charge is -2.27. The van der Waals surface area contributed by atoms with Crippen molar-refractivity contribution in [2.75, 3.05) is 23.9 Å². The minimum atomic E-state index is -0.356. The minimum Gasteiger partial charge on any atom is -0.495 e. The summed E-state index contributed by atoms with van der Waals surface area (Å²) in [5.41, 5.74) is 3.29. The van der Waals surface area contributed by atoms with E-state index in [-0.39, 0.29) is 24.8 Å². The quantitative estimate of drug-likeness (QED) is 0.483. The molecule has 5 rings (SSSR count). The van der Waals surface area contributed by atoms with Gasteiger partial charge in [0.05, 0.1) is 25.0 Å². The van der Waals surface area contributed by atoms with Gasteiger partial charge in [-0.3, -0.25) is 14.5 Å². The molecule has 0 fully saturated rings. The van der Waals surface area contributed by atoms with Crippen LogP contribution < -0.4 is 15.0 Å². The molecule has 168 valence electrons. The molecule has 1 N–H and O–H groups in total. The summed E-state index contributed by atoms with van der Waals surface area (Å²) in [5.74, 6) is 0.605. The fraction of sp³-hybridized carbons (Fsp3) is 0.208. The van der Waals surface area contributed by atoms with E-state index >= 15 is 0 Å². The van der Waals surface area contributed by atoms with Crippen LogP contribution in [0.15, 0.2) is 54.7 Å². The molecule has 1 aliphatic heterocycles. The third-order valence-electron chi connectivity index (χ3n) is 5.78. The maximum Gasteiger partial charge on any atom is 0.244 e. The van der Waals surface area contributed by atoms with E-state index in [0.717, 1.165) is 22.2 Å². The summed E-state index contributed by atoms with van der Waals surface area (Å²) >= 11 is 6.06. The number of carbonyl (C=O) groups is 2. The van der Waals surface area contributed by atoms with E-state index in [0.29, 0.717) is 28.8 Å². The molecule has 0 bridgehead atoms. The Bertz CT molecular complexity index is 1390. The third kappa shape index (κ3) is 3.82. The van der Waals surface area contributed by atoms with Gasteiger partial charge in [0, 0.05) is 47.2 Å². The molecule has 3 heterocycles. The number of hydrogen-bond donors (Lipinski definition) is 1. The van der Waals surface area contributed by atoms with Gasteiger partial charge in [-0.15, -0.1) is 0 Å². The Kier molecular flexibility index (Phi) is 5.30. The van der Waals surface area contributed by atoms with E-state index in [1.807, 2.05) is 31.4 Å². The van der Waals surface area contributed by atoms with E-state index in [9.17, 15) is 9.59 Å². The molecule has 0 unspecified atom stereocenters. The summed E-state index contributed by atoms with van der Waals surface area (Å²) < 4.78 is 9.12. The number of aryl methyl sites for hydroxylation is 2. The molecule has 0 atom stereocenters. The Morgan fingerprint density at radius 2 is 2.03 bits per heavy atom. The Hall–Kier alpha value is -3.78. The molecule has 8 nitrogen and oxygen atoms in total. The zero-order chi connectivity index (χ0) is 23.1. The SMILES string of the molecule is COc1ccc(Cl)cc1NC(=O)CN1C(=O)CCn2nc(-c3cn(C)c4ccccc34)cc21. The lowest BCUT2D eigenvalue weighted by atomic mass is 10.1. The average molecular weight is 464 g/mol. The van der Waals surface area contributed by atoms with Crippen molar-refractivity contribution in [1.29, 1.82) is 0 Å². The Labute approximate surface area is 195 Å². The van der Waals surface area contributed by atoms with Gasteiger partial charge in [0.15, 0.2) is 0 Å². The highest BCUT2D eigenvalue weighted by Crippen LogP contribution is 2.33. The Morgan fingerprint density at radius 3 is 2.85 bits per heavy atom. The van der Waals surface area contributed by atoms with Crippen molar-refractivity contribution >= 4 is 45.8 Å². The predicted octanol–water partition coefficient (Wildman–Crippen LogP) is 4.08. The number of aromatic nitrogens is 3. The largest absolute Gasteiger partial charge is 0.495 e. The fourth-order valence-corrected chi connectivity index (χ4v) is 4.38. The molecule has 2 aromatic heterocycles. The number of rotatable bonds is 5. The van der Waals surface area contributed by atoms with E-state index < -0.39 is 0 Å². The van der Waals surface area contributed by atoms with Gasteiger partial charge in [0.2, 0.25) is 11.8 Å². The van der Waals surface area contributed by atoms with Crippen LogP contribution in [0.2, 0.25) is 5.02 Å². The number of benzene rings is 2. The molecule has 0 saturated heterocycles. The summed E-state index contributed by atoms with van der Waals surface area (Å²) in [6.45, 7) is 0.328. The van der Waals surface area contributed by atoms with Gasteiger partial charge in [-0.25, -0.2) is 4.68 Å². The van der Waals surface area contributed by atoms with Gasteiger partial charge in [-0.05, 0) is 24.3 Å². The number of hydrogen-bond acceptors (Lipinski definition) is 4. The number of anilines is 2. The summed E-state index contributed by atoms with van der Waals surface area (Å²) in [7, 11) is 3.51. The van der Waals surface area contributed by atoms with Gasteiger partial charge in [0.1, 0.15) is 18.1 Å². The van der Waals surface area contributed by atoms with Gasteiger partial charge >= 0.3 is 0 Å². The molecular weight excluding hydrogens is 442 g/mol. The lowest BCUT2D eigenvalue weighted by Crippen LogP contribution is -2.42. The van der Waals surface area contributed by atoms with Crippen LogP contribution in [0.4, 0.5) is 11.5 Å². The van der Waals surface area contributed by atoms with E-state index in [4.69, 9.17) is 21.4 Å². The standard InChI is InChI=1S/C24H22ClN5O3/c1-28-13-17(16-5-3-4-6-20(16)28)18-12-23-29(24(32)9-10-30(23)27-18)14-22(31)26-19-11-15(25)7-8-21(19)33-2/h3-8,11-13H,9-10,14H2,1-2H3,(H,26,31). The topological polar surface area (TPSA) is 81.4 Å². The van der Waals surface area contributed by atoms with Crippen LogP contribution >= 0.6 is 11.6 Å². The molecule has 4 aromatic rings. The molecular formula is C24H22ClN5O3. The third-order valence-corrected chi connectivity index (χ3v) is 6.02. The van der Waals surface area contributed by atoms with Gasteiger partial charge in [-0.2, -0.15) is 5.10 Å². The molecule has 0 spiro atoms. The second kappa shape index (κ2) is 8.29. The van der Waals surface area contributed by atoms with E-state index in [1.165, 1.54) is 12.0 Å². The number of methoxy groups -OCH3 is 1. The number of ether oxygens (including phenoxy) is 1. The molecule has 0 saturated carbocycles. The number of halogens is 1. The zero-order valence-electron chi connectivity index (χ0n) is 18.2. The first-order chi connectivity index (χ1) is 15.9. The number of para-hydroxylation sites is 1. The minimum absolute atomic E-state index is 0.125. The lowest BCUT2D eigenvalue weighted by molar-refractivity contribution is -0.122. The summed E-state index contributed by atoms with van der Waals surface area (Å²) in [6.07, 6.45) is 2.31. The van der Waals surface area contributed by atoms with E-state index in [2.05, 4.69) is 22.0 Å². The smallest absolute Gasteiger partial charge is 0.244 e. The van der Waals surface area contributed by atoms with Crippen molar-refractivity contribution in [3.8, 4) is 17.0 Å². The molecule has 0 radical (unpaired) electrons. The maximum absolute atomic E-state index is 12.8. The zero-order valence-corrected chi connectivity index (χ0v) is 19.0. The second-order valence-corrected chi connectivity index (χ2v) is 8.34. The van der Waals surface area contributed by atoms with Crippen molar-refractivity contribution < 1.29 is 14.3 Å². The van der Waals surface area contributed by atoms with Crippen molar-refractivity contribution in [2.45, 2.75) is 13.0 Å². The van der Waals surface area contributed by atoms with Crippen LogP contribution in [-0.2, 0) is 23.2 Å². The van der Waals surface area contributed by atoms with Crippen LogP contribution in [0.1, 0.15) is 6.42 Å². The highest BCUT2D eigenvalue weighted by molar-refractivity contribution is 6.31. The molecule has 0 aliphatic carbocycles. The monoisotopic (exact) mass is 463 g/mol. The number of amides is 2. The molecule has 33 heavy (non-hydrogen) atoms. The van der Waals surface area contributed by atoms with Crippen LogP contribution in [0, 0.1) is 0 Å². The summed E-state index contributed by atoms with van der Waals surface area (Å²) in [6, 6.07) is 14.9. The van der Waals surface area contributed by atoms with Gasteiger partial charge in [-0.1, -0.05) is 29.8 Å². The van der Waals surface area contributed by atoms with Crippen molar-refractivity contribution in [2.24, 2.45) is 7.05 Å². The highest BCUT2D eigenvalue weighted by Gasteiger charge is 2.29. The predicted molar refractivity (Wildman–Crippen MR) is 128 cm³/mol. The van der Waals surface area contributed by atoms with Crippen LogP contribution in [0.5, 0.6) is 5.75 Å². The Morgan fingerprint density at radius 1 is 1.21 bits per heavy atom. The first-order valence-corrected chi connectivity index (χ1v) is 10.9. The fourth-order valence-electron chi connectivity index (χ4n) is 4.21. The van der Waals surface area contributed by atoms with Gasteiger partial charge in [0.25, 0.3) is 0 Å². The highest BCUT2D eigenvalue weighted by atomic mass is 35.5. The first-order valence-electron chi connectivity index (χ1n) is 10.5. The summed E-state index contributed by atoms with van der Waals surface area (Å²) in [5, 5.41) is 9.08. The molecule has 1 aliphatic rings. The Balaban J connectivity index is 1.44. The molecule has 9 heteroatoms. The van der Waals surface area contributed by atoms with Crippen LogP contribution in [0.25, 0.3) is 22.2 Å². The molecule has 2 aromatic carbocycles. The maximum atomic E-state index is 12.8. The molecule has 2 amide bonds. The van der Waals surface area contributed by atoms with Gasteiger partial charge < -0.3 is 14.6 Å². The van der Waals surface area contributed by atoms with Crippen LogP contribution in [-0.4, -0.2) is 39.8 Å². The number of nitrogens with one attached hydrogen (secondary N) is 1. The number of fused-ring (bicyclic) bond motifs is 2. The summed E-state index contributed by atoms with van der Waals surface area (Å²) in [4.78, 5) is 27.0. The number of carbonyl (C=O) groups excluding carboxylic acids is 2.